The quantitative estimate of drug-likeness (QED) is 0.871. The number of carbonyl (C=O) groups excluding carboxylic acids is 1. The van der Waals surface area contributed by atoms with Crippen molar-refractivity contribution in [2.45, 2.75) is 50.5 Å². The van der Waals surface area contributed by atoms with Crippen molar-refractivity contribution >= 4 is 17.2 Å². The fourth-order valence-electron chi connectivity index (χ4n) is 2.78. The van der Waals surface area contributed by atoms with E-state index in [2.05, 4.69) is 11.4 Å². The van der Waals surface area contributed by atoms with E-state index in [4.69, 9.17) is 0 Å². The molecule has 0 aromatic carbocycles. The summed E-state index contributed by atoms with van der Waals surface area (Å²) in [4.78, 5) is 15.1. The summed E-state index contributed by atoms with van der Waals surface area (Å²) in [6, 6.07) is 4.16. The lowest BCUT2D eigenvalue weighted by molar-refractivity contribution is -0.133. The van der Waals surface area contributed by atoms with Gasteiger partial charge in [-0.25, -0.2) is 0 Å². The van der Waals surface area contributed by atoms with E-state index >= 15 is 0 Å². The summed E-state index contributed by atoms with van der Waals surface area (Å²) >= 11 is 1.74. The van der Waals surface area contributed by atoms with Crippen LogP contribution in [0.2, 0.25) is 0 Å². The monoisotopic (exact) mass is 281 g/mol. The lowest BCUT2D eigenvalue weighted by atomic mass is 10.0. The largest absolute Gasteiger partial charge is 0.388 e. The number of rotatable bonds is 6. The Bertz CT molecular complexity index is 396. The summed E-state index contributed by atoms with van der Waals surface area (Å²) in [5.41, 5.74) is -0.627. The number of amides is 1. The molecule has 0 aliphatic heterocycles. The molecule has 0 unspecified atom stereocenters. The number of aryl methyl sites for hydroxylation is 1. The molecular formula is C15H23NO2S. The predicted octanol–water partition coefficient (Wildman–Crippen LogP) is 2.83. The third-order valence-corrected chi connectivity index (χ3v) is 4.82. The van der Waals surface area contributed by atoms with Gasteiger partial charge in [0.1, 0.15) is 0 Å². The standard InChI is InChI=1S/C15H23NO2S/c1-16(12-15(18)9-2-3-10-15)14(17)8-4-6-13-7-5-11-19-13/h5,7,11,18H,2-4,6,8-10,12H2,1H3. The highest BCUT2D eigenvalue weighted by molar-refractivity contribution is 7.09. The number of carbonyl (C=O) groups is 1. The number of aliphatic hydroxyl groups is 1. The van der Waals surface area contributed by atoms with Crippen LogP contribution >= 0.6 is 11.3 Å². The maximum absolute atomic E-state index is 12.0. The summed E-state index contributed by atoms with van der Waals surface area (Å²) in [5, 5.41) is 12.4. The van der Waals surface area contributed by atoms with Crippen molar-refractivity contribution in [2.24, 2.45) is 0 Å². The molecule has 0 radical (unpaired) electrons. The Hall–Kier alpha value is -0.870. The van der Waals surface area contributed by atoms with E-state index in [0.717, 1.165) is 38.5 Å². The van der Waals surface area contributed by atoms with E-state index in [9.17, 15) is 9.90 Å². The van der Waals surface area contributed by atoms with E-state index in [1.165, 1.54) is 4.88 Å². The van der Waals surface area contributed by atoms with E-state index in [-0.39, 0.29) is 5.91 Å². The first-order valence-corrected chi connectivity index (χ1v) is 7.96. The number of thiophene rings is 1. The first kappa shape index (κ1) is 14.5. The summed E-state index contributed by atoms with van der Waals surface area (Å²) in [6.45, 7) is 0.491. The molecule has 1 saturated carbocycles. The smallest absolute Gasteiger partial charge is 0.222 e. The molecule has 1 aromatic heterocycles. The summed E-state index contributed by atoms with van der Waals surface area (Å²) in [7, 11) is 1.81. The molecule has 2 rings (SSSR count). The van der Waals surface area contributed by atoms with E-state index < -0.39 is 5.60 Å². The van der Waals surface area contributed by atoms with Gasteiger partial charge in [0.2, 0.25) is 5.91 Å². The minimum atomic E-state index is -0.627. The SMILES string of the molecule is CN(CC1(O)CCCC1)C(=O)CCCc1cccs1. The molecule has 1 fully saturated rings. The molecule has 3 nitrogen and oxygen atoms in total. The van der Waals surface area contributed by atoms with Crippen molar-refractivity contribution in [3.8, 4) is 0 Å². The first-order chi connectivity index (χ1) is 9.09. The number of nitrogens with zero attached hydrogens (tertiary/aromatic N) is 1. The first-order valence-electron chi connectivity index (χ1n) is 7.08. The second-order valence-corrected chi connectivity index (χ2v) is 6.65. The Morgan fingerprint density at radius 2 is 2.21 bits per heavy atom. The van der Waals surface area contributed by atoms with E-state index in [1.807, 2.05) is 13.1 Å². The molecule has 0 saturated heterocycles. The maximum Gasteiger partial charge on any atom is 0.222 e. The number of hydrogen-bond donors (Lipinski definition) is 1. The van der Waals surface area contributed by atoms with Crippen LogP contribution in [0.25, 0.3) is 0 Å². The number of hydrogen-bond acceptors (Lipinski definition) is 3. The van der Waals surface area contributed by atoms with Gasteiger partial charge in [-0.15, -0.1) is 11.3 Å². The van der Waals surface area contributed by atoms with E-state index in [1.54, 1.807) is 16.2 Å². The molecule has 1 aromatic rings. The molecule has 0 spiro atoms. The molecule has 1 aliphatic carbocycles. The number of likely N-dealkylation sites (N-methyl/N-ethyl adjacent to an activating group) is 1. The molecular weight excluding hydrogens is 258 g/mol. The van der Waals surface area contributed by atoms with E-state index in [0.29, 0.717) is 13.0 Å². The zero-order valence-corrected chi connectivity index (χ0v) is 12.4. The van der Waals surface area contributed by atoms with Crippen molar-refractivity contribution in [3.05, 3.63) is 22.4 Å². The highest BCUT2D eigenvalue weighted by Crippen LogP contribution is 2.30. The molecule has 19 heavy (non-hydrogen) atoms. The van der Waals surface area contributed by atoms with Gasteiger partial charge in [-0.2, -0.15) is 0 Å². The van der Waals surface area contributed by atoms with Gasteiger partial charge in [0.05, 0.1) is 5.60 Å². The van der Waals surface area contributed by atoms with Gasteiger partial charge in [0.25, 0.3) is 0 Å². The normalized spacial score (nSPS) is 17.6. The molecule has 106 valence electrons. The van der Waals surface area contributed by atoms with Gasteiger partial charge in [0, 0.05) is 24.9 Å². The molecule has 1 N–H and O–H groups in total. The van der Waals surface area contributed by atoms with Gasteiger partial charge < -0.3 is 10.0 Å². The van der Waals surface area contributed by atoms with Crippen LogP contribution in [-0.2, 0) is 11.2 Å². The Morgan fingerprint density at radius 1 is 1.47 bits per heavy atom. The predicted molar refractivity (Wildman–Crippen MR) is 78.3 cm³/mol. The van der Waals surface area contributed by atoms with Gasteiger partial charge in [-0.1, -0.05) is 18.9 Å². The zero-order valence-electron chi connectivity index (χ0n) is 11.6. The van der Waals surface area contributed by atoms with Crippen LogP contribution in [0.1, 0.15) is 43.4 Å². The summed E-state index contributed by atoms with van der Waals surface area (Å²) in [6.07, 6.45) is 6.27. The molecule has 4 heteroatoms. The molecule has 0 atom stereocenters. The Labute approximate surface area is 119 Å². The zero-order chi connectivity index (χ0) is 13.7. The average Bonchev–Trinajstić information content (AvgIpc) is 3.01. The third-order valence-electron chi connectivity index (χ3n) is 3.89. The average molecular weight is 281 g/mol. The Balaban J connectivity index is 1.70. The van der Waals surface area contributed by atoms with Crippen molar-refractivity contribution in [1.29, 1.82) is 0 Å². The van der Waals surface area contributed by atoms with Gasteiger partial charge in [-0.3, -0.25) is 4.79 Å². The van der Waals surface area contributed by atoms with Crippen LogP contribution in [0.5, 0.6) is 0 Å². The highest BCUT2D eigenvalue weighted by Gasteiger charge is 2.33. The van der Waals surface area contributed by atoms with Crippen molar-refractivity contribution in [1.82, 2.24) is 4.90 Å². The Kier molecular flexibility index (Phi) is 4.99. The summed E-state index contributed by atoms with van der Waals surface area (Å²) in [5.74, 6) is 0.150. The molecule has 0 bridgehead atoms. The van der Waals surface area contributed by atoms with Crippen LogP contribution in [0, 0.1) is 0 Å². The molecule has 1 amide bonds. The lowest BCUT2D eigenvalue weighted by Crippen LogP contribution is -2.41. The molecule has 1 heterocycles. The van der Waals surface area contributed by atoms with Crippen molar-refractivity contribution in [2.75, 3.05) is 13.6 Å². The van der Waals surface area contributed by atoms with Crippen molar-refractivity contribution < 1.29 is 9.90 Å². The van der Waals surface area contributed by atoms with Gasteiger partial charge >= 0.3 is 0 Å². The van der Waals surface area contributed by atoms with Crippen LogP contribution in [0.3, 0.4) is 0 Å². The van der Waals surface area contributed by atoms with Gasteiger partial charge in [-0.05, 0) is 37.1 Å². The lowest BCUT2D eigenvalue weighted by Gasteiger charge is -2.28. The topological polar surface area (TPSA) is 40.5 Å². The summed E-state index contributed by atoms with van der Waals surface area (Å²) < 4.78 is 0. The minimum absolute atomic E-state index is 0.150. The van der Waals surface area contributed by atoms with Gasteiger partial charge in [0.15, 0.2) is 0 Å². The second kappa shape index (κ2) is 6.53. The fourth-order valence-corrected chi connectivity index (χ4v) is 3.53. The molecule has 1 aliphatic rings. The second-order valence-electron chi connectivity index (χ2n) is 5.61. The van der Waals surface area contributed by atoms with Crippen molar-refractivity contribution in [3.63, 3.8) is 0 Å². The van der Waals surface area contributed by atoms with Crippen LogP contribution in [0.4, 0.5) is 0 Å². The van der Waals surface area contributed by atoms with Crippen LogP contribution in [0.15, 0.2) is 17.5 Å². The van der Waals surface area contributed by atoms with Crippen LogP contribution < -0.4 is 0 Å². The third kappa shape index (κ3) is 4.32. The highest BCUT2D eigenvalue weighted by atomic mass is 32.1. The minimum Gasteiger partial charge on any atom is -0.388 e. The van der Waals surface area contributed by atoms with Crippen LogP contribution in [-0.4, -0.2) is 35.1 Å². The maximum atomic E-state index is 12.0. The Morgan fingerprint density at radius 3 is 2.84 bits per heavy atom. The fraction of sp³-hybridized carbons (Fsp3) is 0.667.